The van der Waals surface area contributed by atoms with Crippen LogP contribution in [0.25, 0.3) is 0 Å². The Labute approximate surface area is 516 Å². The summed E-state index contributed by atoms with van der Waals surface area (Å²) in [5, 5.41) is 31.6. The number of unbranched alkanes of at least 4 members (excludes halogenated alkanes) is 25. The van der Waals surface area contributed by atoms with E-state index in [0.29, 0.717) is 19.3 Å². The van der Waals surface area contributed by atoms with Crippen molar-refractivity contribution in [3.05, 3.63) is 109 Å². The van der Waals surface area contributed by atoms with E-state index in [2.05, 4.69) is 130 Å². The van der Waals surface area contributed by atoms with E-state index in [1.165, 1.54) is 44.9 Å². The summed E-state index contributed by atoms with van der Waals surface area (Å²) in [7, 11) is 0. The average molecular weight is 1190 g/mol. The van der Waals surface area contributed by atoms with Gasteiger partial charge in [-0.1, -0.05) is 239 Å². The molecule has 0 bridgehead atoms. The third-order valence-corrected chi connectivity index (χ3v) is 14.8. The second kappa shape index (κ2) is 59.7. The molecular weight excluding hydrogens is 1070 g/mol. The zero-order chi connectivity index (χ0) is 61.7. The van der Waals surface area contributed by atoms with Crippen molar-refractivity contribution in [3.8, 4) is 0 Å². The third-order valence-electron chi connectivity index (χ3n) is 14.8. The number of allylic oxidation sites excluding steroid dienone is 18. The van der Waals surface area contributed by atoms with Crippen LogP contribution in [0.3, 0.4) is 0 Å². The largest absolute Gasteiger partial charge is 0.479 e. The molecule has 12 nitrogen and oxygen atoms in total. The fraction of sp³-hybridized carbons (Fsp3) is 0.699. The minimum Gasteiger partial charge on any atom is -0.479 e. The van der Waals surface area contributed by atoms with Gasteiger partial charge in [-0.15, -0.1) is 0 Å². The first-order valence-corrected chi connectivity index (χ1v) is 33.9. The number of esters is 3. The molecule has 1 heterocycles. The van der Waals surface area contributed by atoms with E-state index in [-0.39, 0.29) is 25.9 Å². The fourth-order valence-corrected chi connectivity index (χ4v) is 9.63. The molecule has 6 unspecified atom stereocenters. The number of rotatable bonds is 57. The summed E-state index contributed by atoms with van der Waals surface area (Å²) in [4.78, 5) is 51.4. The highest BCUT2D eigenvalue weighted by Crippen LogP contribution is 2.27. The average Bonchev–Trinajstić information content (AvgIpc) is 2.79. The van der Waals surface area contributed by atoms with Gasteiger partial charge in [0.1, 0.15) is 18.8 Å². The molecule has 1 rings (SSSR count). The van der Waals surface area contributed by atoms with Crippen LogP contribution < -0.4 is 0 Å². The van der Waals surface area contributed by atoms with Gasteiger partial charge in [0.25, 0.3) is 0 Å². The summed E-state index contributed by atoms with van der Waals surface area (Å²) >= 11 is 0. The number of carboxylic acids is 1. The number of hydrogen-bond acceptors (Lipinski definition) is 11. The van der Waals surface area contributed by atoms with Crippen LogP contribution in [0.2, 0.25) is 0 Å². The predicted octanol–water partition coefficient (Wildman–Crippen LogP) is 18.6. The molecule has 1 aliphatic heterocycles. The maximum absolute atomic E-state index is 13.2. The minimum absolute atomic E-state index is 0.0372. The fourth-order valence-electron chi connectivity index (χ4n) is 9.63. The molecule has 6 atom stereocenters. The zero-order valence-corrected chi connectivity index (χ0v) is 53.6. The van der Waals surface area contributed by atoms with Crippen LogP contribution >= 0.6 is 0 Å². The zero-order valence-electron chi connectivity index (χ0n) is 53.6. The van der Waals surface area contributed by atoms with Gasteiger partial charge in [0.15, 0.2) is 24.6 Å². The van der Waals surface area contributed by atoms with Crippen molar-refractivity contribution in [2.75, 3.05) is 13.2 Å². The lowest BCUT2D eigenvalue weighted by molar-refractivity contribution is -0.301. The number of hydrogen-bond donors (Lipinski definition) is 3. The molecule has 3 N–H and O–H groups in total. The molecule has 0 aromatic heterocycles. The molecular formula is C73H120O12. The lowest BCUT2D eigenvalue weighted by atomic mass is 9.98. The smallest absolute Gasteiger partial charge is 0.335 e. The maximum Gasteiger partial charge on any atom is 0.335 e. The monoisotopic (exact) mass is 1190 g/mol. The summed E-state index contributed by atoms with van der Waals surface area (Å²) in [5.74, 6) is -3.16. The molecule has 1 fully saturated rings. The first-order valence-electron chi connectivity index (χ1n) is 33.9. The SMILES string of the molecule is CC/C=C\C/C=C\C/C=C\C/C=C\CCCCCCCCC(=O)OC1C(OCC(COC(=O)CCCCCCCC/C=C\C/C=C\C/C=C\CCCCC)OC(=O)CCCCCCCCC/C=C\C/C=C\CCCCC)OC(C(=O)O)C(O)C1O. The van der Waals surface area contributed by atoms with Crippen molar-refractivity contribution in [1.29, 1.82) is 0 Å². The number of carbonyl (C=O) groups excluding carboxylic acids is 3. The van der Waals surface area contributed by atoms with Crippen LogP contribution in [0.4, 0.5) is 0 Å². The first-order chi connectivity index (χ1) is 41.6. The Balaban J connectivity index is 2.68. The molecule has 484 valence electrons. The highest BCUT2D eigenvalue weighted by Gasteiger charge is 2.50. The summed E-state index contributed by atoms with van der Waals surface area (Å²) < 4.78 is 28.6. The Hall–Kier alpha value is -4.62. The van der Waals surface area contributed by atoms with Crippen LogP contribution in [-0.2, 0) is 42.9 Å². The molecule has 12 heteroatoms. The van der Waals surface area contributed by atoms with Crippen LogP contribution in [0, 0.1) is 0 Å². The summed E-state index contributed by atoms with van der Waals surface area (Å²) in [6.45, 7) is 5.83. The van der Waals surface area contributed by atoms with Gasteiger partial charge in [0, 0.05) is 19.3 Å². The number of aliphatic carboxylic acids is 1. The first kappa shape index (κ1) is 78.4. The summed E-state index contributed by atoms with van der Waals surface area (Å²) in [6.07, 6.45) is 68.8. The molecule has 1 saturated heterocycles. The second-order valence-corrected chi connectivity index (χ2v) is 22.7. The van der Waals surface area contributed by atoms with E-state index in [0.717, 1.165) is 173 Å². The minimum atomic E-state index is -1.92. The molecule has 0 saturated carbocycles. The van der Waals surface area contributed by atoms with E-state index in [1.54, 1.807) is 0 Å². The summed E-state index contributed by atoms with van der Waals surface area (Å²) in [6, 6.07) is 0. The van der Waals surface area contributed by atoms with Crippen molar-refractivity contribution < 1.29 is 58.2 Å². The van der Waals surface area contributed by atoms with Crippen LogP contribution in [0.1, 0.15) is 278 Å². The van der Waals surface area contributed by atoms with Gasteiger partial charge in [0.05, 0.1) is 6.61 Å². The molecule has 0 aliphatic carbocycles. The normalized spacial score (nSPS) is 18.2. The van der Waals surface area contributed by atoms with E-state index in [9.17, 15) is 34.5 Å². The Bertz CT molecular complexity index is 1890. The second-order valence-electron chi connectivity index (χ2n) is 22.7. The highest BCUT2D eigenvalue weighted by molar-refractivity contribution is 5.74. The number of ether oxygens (including phenoxy) is 5. The number of carbonyl (C=O) groups is 4. The molecule has 0 aromatic carbocycles. The van der Waals surface area contributed by atoms with E-state index >= 15 is 0 Å². The molecule has 0 radical (unpaired) electrons. The van der Waals surface area contributed by atoms with Crippen LogP contribution in [0.15, 0.2) is 109 Å². The van der Waals surface area contributed by atoms with Gasteiger partial charge in [-0.25, -0.2) is 4.79 Å². The Morgan fingerprint density at radius 3 is 1.13 bits per heavy atom. The van der Waals surface area contributed by atoms with E-state index < -0.39 is 67.3 Å². The highest BCUT2D eigenvalue weighted by atomic mass is 16.7. The summed E-state index contributed by atoms with van der Waals surface area (Å²) in [5.41, 5.74) is 0. The number of carboxylic acid groups (broad SMARTS) is 1. The van der Waals surface area contributed by atoms with Crippen molar-refractivity contribution in [2.45, 2.75) is 314 Å². The topological polar surface area (TPSA) is 175 Å². The standard InChI is InChI=1S/C73H120O12/c1-4-7-10-13-16-19-22-25-28-31-33-36-38-41-44-47-50-53-56-59-65(74)81-62-64(83-66(75)60-57-54-51-48-45-42-39-35-30-27-24-21-18-15-12-9-6-3)63-82-73-71(69(78)68(77)70(85-73)72(79)80)84-67(76)61-58-55-52-49-46-43-40-37-34-32-29-26-23-20-17-14-11-8-5-2/h8,11,16-21,25-30,33-34,36-37,64,68-71,73,77-78H,4-7,9-10,12-15,22-24,31-32,35,38-63H2,1-3H3,(H,79,80)/b11-8-,19-16-,20-17-,21-18-,28-25-,29-26-,30-27-,36-33-,37-34-. The number of aliphatic hydroxyl groups is 2. The van der Waals surface area contributed by atoms with Crippen molar-refractivity contribution in [2.24, 2.45) is 0 Å². The molecule has 0 amide bonds. The van der Waals surface area contributed by atoms with Crippen molar-refractivity contribution in [3.63, 3.8) is 0 Å². The quantitative estimate of drug-likeness (QED) is 0.0228. The van der Waals surface area contributed by atoms with Crippen molar-refractivity contribution >= 4 is 23.9 Å². The van der Waals surface area contributed by atoms with Gasteiger partial charge in [0.2, 0.25) is 0 Å². The Morgan fingerprint density at radius 2 is 0.741 bits per heavy atom. The molecule has 0 aromatic rings. The van der Waals surface area contributed by atoms with Crippen molar-refractivity contribution in [1.82, 2.24) is 0 Å². The van der Waals surface area contributed by atoms with E-state index in [1.807, 2.05) is 0 Å². The van der Waals surface area contributed by atoms with Gasteiger partial charge >= 0.3 is 23.9 Å². The molecule has 1 aliphatic rings. The predicted molar refractivity (Wildman–Crippen MR) is 349 cm³/mol. The van der Waals surface area contributed by atoms with Gasteiger partial charge in [-0.2, -0.15) is 0 Å². The Kier molecular flexibility index (Phi) is 55.1. The van der Waals surface area contributed by atoms with Gasteiger partial charge in [-0.3, -0.25) is 14.4 Å². The number of aliphatic hydroxyl groups excluding tert-OH is 2. The lowest BCUT2D eigenvalue weighted by Gasteiger charge is -2.40. The van der Waals surface area contributed by atoms with Crippen LogP contribution in [0.5, 0.6) is 0 Å². The lowest BCUT2D eigenvalue weighted by Crippen LogP contribution is -2.61. The van der Waals surface area contributed by atoms with E-state index in [4.69, 9.17) is 23.7 Å². The Morgan fingerprint density at radius 1 is 0.400 bits per heavy atom. The third kappa shape index (κ3) is 49.1. The molecule has 85 heavy (non-hydrogen) atoms. The van der Waals surface area contributed by atoms with Gasteiger partial charge < -0.3 is 39.0 Å². The maximum atomic E-state index is 13.2. The van der Waals surface area contributed by atoms with Crippen LogP contribution in [-0.4, -0.2) is 89.2 Å². The van der Waals surface area contributed by atoms with Gasteiger partial charge in [-0.05, 0) is 128 Å². The molecule has 0 spiro atoms.